The summed E-state index contributed by atoms with van der Waals surface area (Å²) >= 11 is 5.97. The quantitative estimate of drug-likeness (QED) is 0.660. The predicted octanol–water partition coefficient (Wildman–Crippen LogP) is 4.80. The lowest BCUT2D eigenvalue weighted by Crippen LogP contribution is -2.60. The molecule has 0 bridgehead atoms. The second-order valence-electron chi connectivity index (χ2n) is 9.83. The second-order valence-corrected chi connectivity index (χ2v) is 12.0. The normalized spacial score (nSPS) is 29.9. The zero-order valence-corrected chi connectivity index (χ0v) is 20.3. The van der Waals surface area contributed by atoms with Crippen LogP contribution in [0.1, 0.15) is 50.5 Å². The lowest BCUT2D eigenvalue weighted by atomic mass is 9.61. The summed E-state index contributed by atoms with van der Waals surface area (Å²) in [5, 5.41) is 0.514. The van der Waals surface area contributed by atoms with Crippen molar-refractivity contribution < 1.29 is 13.2 Å². The summed E-state index contributed by atoms with van der Waals surface area (Å²) in [4.78, 5) is 15.4. The number of halogens is 1. The van der Waals surface area contributed by atoms with Crippen LogP contribution in [0, 0.1) is 11.8 Å². The molecule has 5 rings (SSSR count). The van der Waals surface area contributed by atoms with Crippen LogP contribution in [0.2, 0.25) is 5.02 Å². The van der Waals surface area contributed by atoms with Crippen molar-refractivity contribution in [2.45, 2.75) is 67.8 Å². The van der Waals surface area contributed by atoms with E-state index in [1.54, 1.807) is 24.3 Å². The number of carbonyl (C=O) groups is 1. The van der Waals surface area contributed by atoms with Gasteiger partial charge >= 0.3 is 0 Å². The molecule has 2 aliphatic heterocycles. The maximum absolute atomic E-state index is 13.3. The number of benzene rings is 2. The van der Waals surface area contributed by atoms with Crippen molar-refractivity contribution in [1.29, 1.82) is 0 Å². The molecule has 2 saturated heterocycles. The number of amides is 1. The van der Waals surface area contributed by atoms with Gasteiger partial charge in [-0.25, -0.2) is 13.1 Å². The molecule has 0 radical (unpaired) electrons. The Hall–Kier alpha value is -1.89. The fourth-order valence-corrected chi connectivity index (χ4v) is 8.14. The predicted molar refractivity (Wildman–Crippen MR) is 129 cm³/mol. The standard InChI is InChI=1S/C26H31ClN2O3S/c27-20-10-12-21(13-11-20)33(31,32)28-24-14-16-26-15-5-17-29(26)25(30)9-4-8-23(26)22(24)18-19-6-2-1-3-7-19/h1-3,6-7,10-13,22-24,28H,4-5,8-9,14-18H2/t22-,23+,24+,26-/m1/s1. The van der Waals surface area contributed by atoms with E-state index >= 15 is 0 Å². The smallest absolute Gasteiger partial charge is 0.240 e. The summed E-state index contributed by atoms with van der Waals surface area (Å²) in [5.41, 5.74) is 1.10. The Kier molecular flexibility index (Phi) is 6.27. The van der Waals surface area contributed by atoms with Gasteiger partial charge in [0.15, 0.2) is 0 Å². The van der Waals surface area contributed by atoms with Crippen LogP contribution in [0.4, 0.5) is 0 Å². The third kappa shape index (κ3) is 4.33. The fraction of sp³-hybridized carbons (Fsp3) is 0.500. The van der Waals surface area contributed by atoms with Gasteiger partial charge in [0, 0.05) is 29.6 Å². The van der Waals surface area contributed by atoms with E-state index < -0.39 is 10.0 Å². The highest BCUT2D eigenvalue weighted by molar-refractivity contribution is 7.89. The van der Waals surface area contributed by atoms with Gasteiger partial charge in [-0.2, -0.15) is 0 Å². The number of nitrogens with zero attached hydrogens (tertiary/aromatic N) is 1. The molecule has 0 unspecified atom stereocenters. The number of nitrogens with one attached hydrogen (secondary N) is 1. The Bertz CT molecular complexity index is 1110. The average Bonchev–Trinajstić information content (AvgIpc) is 3.17. The number of carbonyl (C=O) groups excluding carboxylic acids is 1. The Morgan fingerprint density at radius 1 is 1.00 bits per heavy atom. The fourth-order valence-electron chi connectivity index (χ4n) is 6.69. The molecule has 3 aliphatic rings. The van der Waals surface area contributed by atoms with E-state index in [-0.39, 0.29) is 28.3 Å². The van der Waals surface area contributed by atoms with Crippen molar-refractivity contribution in [3.8, 4) is 0 Å². The summed E-state index contributed by atoms with van der Waals surface area (Å²) in [6.07, 6.45) is 6.95. The molecule has 3 fully saturated rings. The van der Waals surface area contributed by atoms with E-state index in [9.17, 15) is 13.2 Å². The highest BCUT2D eigenvalue weighted by Gasteiger charge is 2.56. The van der Waals surface area contributed by atoms with Crippen LogP contribution in [-0.2, 0) is 21.2 Å². The van der Waals surface area contributed by atoms with Crippen LogP contribution < -0.4 is 4.72 Å². The lowest BCUT2D eigenvalue weighted by Gasteiger charge is -2.53. The summed E-state index contributed by atoms with van der Waals surface area (Å²) in [6, 6.07) is 16.5. The molecule has 2 heterocycles. The molecule has 1 N–H and O–H groups in total. The maximum atomic E-state index is 13.3. The van der Waals surface area contributed by atoms with Gasteiger partial charge in [-0.15, -0.1) is 0 Å². The van der Waals surface area contributed by atoms with Gasteiger partial charge in [0.05, 0.1) is 4.90 Å². The van der Waals surface area contributed by atoms with Gasteiger partial charge in [0.1, 0.15) is 0 Å². The van der Waals surface area contributed by atoms with Crippen molar-refractivity contribution in [2.75, 3.05) is 6.54 Å². The molecule has 33 heavy (non-hydrogen) atoms. The highest BCUT2D eigenvalue weighted by Crippen LogP contribution is 2.52. The first kappa shape index (κ1) is 22.9. The molecule has 1 saturated carbocycles. The van der Waals surface area contributed by atoms with Crippen LogP contribution in [0.5, 0.6) is 0 Å². The minimum Gasteiger partial charge on any atom is -0.337 e. The van der Waals surface area contributed by atoms with Crippen molar-refractivity contribution in [1.82, 2.24) is 9.62 Å². The van der Waals surface area contributed by atoms with Crippen molar-refractivity contribution >= 4 is 27.5 Å². The van der Waals surface area contributed by atoms with E-state index in [1.807, 2.05) is 18.2 Å². The van der Waals surface area contributed by atoms with Crippen LogP contribution in [0.25, 0.3) is 0 Å². The summed E-state index contributed by atoms with van der Waals surface area (Å²) < 4.78 is 29.7. The Balaban J connectivity index is 1.49. The minimum absolute atomic E-state index is 0.116. The zero-order valence-electron chi connectivity index (χ0n) is 18.8. The number of sulfonamides is 1. The molecule has 1 spiro atoms. The molecule has 5 nitrogen and oxygen atoms in total. The first-order valence-electron chi connectivity index (χ1n) is 12.0. The van der Waals surface area contributed by atoms with Crippen molar-refractivity contribution in [3.63, 3.8) is 0 Å². The van der Waals surface area contributed by atoms with E-state index in [2.05, 4.69) is 21.8 Å². The van der Waals surface area contributed by atoms with Gasteiger partial charge in [0.25, 0.3) is 0 Å². The molecular formula is C26H31ClN2O3S. The van der Waals surface area contributed by atoms with Gasteiger partial charge in [-0.05, 0) is 86.6 Å². The largest absolute Gasteiger partial charge is 0.337 e. The molecule has 4 atom stereocenters. The highest BCUT2D eigenvalue weighted by atomic mass is 35.5. The lowest BCUT2D eigenvalue weighted by molar-refractivity contribution is -0.138. The SMILES string of the molecule is O=C1CCC[C@H]2[C@@H](Cc3ccccc3)[C@@H](NS(=O)(=O)c3ccc(Cl)cc3)CC[C@]23CCCN13. The van der Waals surface area contributed by atoms with Gasteiger partial charge in [0.2, 0.25) is 15.9 Å². The summed E-state index contributed by atoms with van der Waals surface area (Å²) in [6.45, 7) is 0.842. The van der Waals surface area contributed by atoms with E-state index in [1.165, 1.54) is 5.56 Å². The third-order valence-corrected chi connectivity index (χ3v) is 9.85. The number of hydrogen-bond donors (Lipinski definition) is 1. The van der Waals surface area contributed by atoms with E-state index in [4.69, 9.17) is 11.6 Å². The summed E-state index contributed by atoms with van der Waals surface area (Å²) in [7, 11) is -3.67. The molecule has 2 aromatic carbocycles. The van der Waals surface area contributed by atoms with Gasteiger partial charge in [-0.3, -0.25) is 4.79 Å². The van der Waals surface area contributed by atoms with E-state index in [0.29, 0.717) is 17.4 Å². The Morgan fingerprint density at radius 2 is 1.76 bits per heavy atom. The number of rotatable bonds is 5. The summed E-state index contributed by atoms with van der Waals surface area (Å²) in [5.74, 6) is 0.710. The van der Waals surface area contributed by atoms with Crippen LogP contribution >= 0.6 is 11.6 Å². The first-order chi connectivity index (χ1) is 15.9. The second kappa shape index (κ2) is 9.05. The molecule has 0 aromatic heterocycles. The molecule has 2 aromatic rings. The van der Waals surface area contributed by atoms with Crippen LogP contribution in [-0.4, -0.2) is 37.4 Å². The van der Waals surface area contributed by atoms with Crippen LogP contribution in [0.15, 0.2) is 59.5 Å². The molecule has 176 valence electrons. The van der Waals surface area contributed by atoms with Crippen molar-refractivity contribution in [3.05, 3.63) is 65.2 Å². The maximum Gasteiger partial charge on any atom is 0.240 e. The van der Waals surface area contributed by atoms with Crippen LogP contribution in [0.3, 0.4) is 0 Å². The Labute approximate surface area is 201 Å². The monoisotopic (exact) mass is 486 g/mol. The van der Waals surface area contributed by atoms with Gasteiger partial charge in [-0.1, -0.05) is 41.9 Å². The molecule has 7 heteroatoms. The van der Waals surface area contributed by atoms with Gasteiger partial charge < -0.3 is 4.90 Å². The Morgan fingerprint density at radius 3 is 2.52 bits per heavy atom. The average molecular weight is 487 g/mol. The minimum atomic E-state index is -3.67. The molecular weight excluding hydrogens is 456 g/mol. The first-order valence-corrected chi connectivity index (χ1v) is 13.9. The molecule has 1 amide bonds. The van der Waals surface area contributed by atoms with Crippen molar-refractivity contribution in [2.24, 2.45) is 11.8 Å². The van der Waals surface area contributed by atoms with E-state index in [0.717, 1.165) is 51.5 Å². The topological polar surface area (TPSA) is 66.5 Å². The zero-order chi connectivity index (χ0) is 23.1. The third-order valence-electron chi connectivity index (χ3n) is 8.09. The molecule has 1 aliphatic carbocycles. The number of hydrogen-bond acceptors (Lipinski definition) is 3.